The Morgan fingerprint density at radius 3 is 2.78 bits per heavy atom. The number of alkyl halides is 2. The van der Waals surface area contributed by atoms with Gasteiger partial charge in [-0.3, -0.25) is 0 Å². The molecule has 0 aliphatic heterocycles. The zero-order chi connectivity index (χ0) is 13.0. The third-order valence-electron chi connectivity index (χ3n) is 2.16. The predicted molar refractivity (Wildman–Crippen MR) is 59.1 cm³/mol. The van der Waals surface area contributed by atoms with Gasteiger partial charge in [0.15, 0.2) is 0 Å². The highest BCUT2D eigenvalue weighted by molar-refractivity contribution is 5.62. The maximum atomic E-state index is 12.2. The molecule has 0 bridgehead atoms. The van der Waals surface area contributed by atoms with Crippen molar-refractivity contribution in [1.29, 1.82) is 0 Å². The molecule has 0 radical (unpaired) electrons. The molecule has 0 saturated carbocycles. The lowest BCUT2D eigenvalue weighted by atomic mass is 10.2. The van der Waals surface area contributed by atoms with Crippen LogP contribution in [-0.4, -0.2) is 23.4 Å². The van der Waals surface area contributed by atoms with Crippen LogP contribution in [0.5, 0.6) is 5.75 Å². The Kier molecular flexibility index (Phi) is 3.83. The fraction of sp³-hybridized carbons (Fsp3) is 0.273. The van der Waals surface area contributed by atoms with Gasteiger partial charge >= 0.3 is 6.61 Å². The smallest absolute Gasteiger partial charge is 0.387 e. The number of halogens is 2. The molecule has 1 aromatic carbocycles. The van der Waals surface area contributed by atoms with E-state index in [2.05, 4.69) is 14.9 Å². The molecule has 2 N–H and O–H groups in total. The number of benzene rings is 1. The Balaban J connectivity index is 2.30. The monoisotopic (exact) mass is 255 g/mol. The van der Waals surface area contributed by atoms with Gasteiger partial charge in [-0.1, -0.05) is 12.1 Å². The predicted octanol–water partition coefficient (Wildman–Crippen LogP) is 1.84. The van der Waals surface area contributed by atoms with Crippen molar-refractivity contribution in [2.75, 3.05) is 6.54 Å². The third-order valence-corrected chi connectivity index (χ3v) is 2.16. The van der Waals surface area contributed by atoms with Crippen molar-refractivity contribution < 1.29 is 17.9 Å². The van der Waals surface area contributed by atoms with Gasteiger partial charge in [0.05, 0.1) is 5.56 Å². The van der Waals surface area contributed by atoms with E-state index in [4.69, 9.17) is 10.2 Å². The van der Waals surface area contributed by atoms with Crippen molar-refractivity contribution in [3.63, 3.8) is 0 Å². The van der Waals surface area contributed by atoms with Crippen LogP contribution in [0.4, 0.5) is 8.78 Å². The molecule has 2 aromatic rings. The molecular formula is C11H11F2N3O2. The number of hydrogen-bond donors (Lipinski definition) is 1. The van der Waals surface area contributed by atoms with E-state index in [1.165, 1.54) is 6.07 Å². The van der Waals surface area contributed by atoms with Gasteiger partial charge in [0, 0.05) is 13.0 Å². The first-order valence-corrected chi connectivity index (χ1v) is 5.27. The van der Waals surface area contributed by atoms with Gasteiger partial charge in [0.2, 0.25) is 5.89 Å². The topological polar surface area (TPSA) is 74.2 Å². The zero-order valence-corrected chi connectivity index (χ0v) is 9.35. The number of nitrogens with zero attached hydrogens (tertiary/aromatic N) is 2. The van der Waals surface area contributed by atoms with Crippen LogP contribution in [-0.2, 0) is 6.42 Å². The van der Waals surface area contributed by atoms with E-state index in [0.717, 1.165) is 0 Å². The van der Waals surface area contributed by atoms with Crippen molar-refractivity contribution in [2.24, 2.45) is 5.73 Å². The lowest BCUT2D eigenvalue weighted by Gasteiger charge is -2.07. The molecule has 96 valence electrons. The minimum Gasteiger partial charge on any atom is -0.434 e. The molecule has 18 heavy (non-hydrogen) atoms. The Morgan fingerprint density at radius 2 is 2.06 bits per heavy atom. The quantitative estimate of drug-likeness (QED) is 0.882. The highest BCUT2D eigenvalue weighted by Crippen LogP contribution is 2.29. The van der Waals surface area contributed by atoms with Gasteiger partial charge < -0.3 is 14.9 Å². The number of ether oxygens (including phenoxy) is 1. The molecule has 7 heteroatoms. The Hall–Kier alpha value is -2.02. The highest BCUT2D eigenvalue weighted by atomic mass is 19.3. The summed E-state index contributed by atoms with van der Waals surface area (Å²) in [5, 5.41) is 7.54. The van der Waals surface area contributed by atoms with Crippen molar-refractivity contribution in [1.82, 2.24) is 10.2 Å². The van der Waals surface area contributed by atoms with E-state index >= 15 is 0 Å². The Bertz CT molecular complexity index is 516. The van der Waals surface area contributed by atoms with Gasteiger partial charge in [0.25, 0.3) is 5.89 Å². The molecule has 1 heterocycles. The Labute approximate surface area is 102 Å². The second kappa shape index (κ2) is 5.54. The molecule has 0 saturated heterocycles. The number of aromatic nitrogens is 2. The van der Waals surface area contributed by atoms with Crippen molar-refractivity contribution in [3.8, 4) is 17.2 Å². The van der Waals surface area contributed by atoms with Crippen LogP contribution in [0.15, 0.2) is 28.7 Å². The minimum atomic E-state index is -2.91. The van der Waals surface area contributed by atoms with Crippen LogP contribution in [0.1, 0.15) is 5.89 Å². The summed E-state index contributed by atoms with van der Waals surface area (Å²) in [5.74, 6) is 0.490. The fourth-order valence-electron chi connectivity index (χ4n) is 1.43. The molecule has 5 nitrogen and oxygen atoms in total. The molecule has 0 atom stereocenters. The summed E-state index contributed by atoms with van der Waals surface area (Å²) in [6, 6.07) is 6.23. The number of nitrogens with two attached hydrogens (primary N) is 1. The molecule has 0 aliphatic rings. The Morgan fingerprint density at radius 1 is 1.28 bits per heavy atom. The summed E-state index contributed by atoms with van der Waals surface area (Å²) in [4.78, 5) is 0. The second-order valence-electron chi connectivity index (χ2n) is 3.41. The van der Waals surface area contributed by atoms with Crippen LogP contribution < -0.4 is 10.5 Å². The molecule has 1 aromatic heterocycles. The molecular weight excluding hydrogens is 244 g/mol. The first kappa shape index (κ1) is 12.4. The van der Waals surface area contributed by atoms with Crippen molar-refractivity contribution in [3.05, 3.63) is 30.2 Å². The molecule has 0 fully saturated rings. The molecule has 0 unspecified atom stereocenters. The number of rotatable bonds is 5. The largest absolute Gasteiger partial charge is 0.434 e. The maximum absolute atomic E-state index is 12.2. The lowest BCUT2D eigenvalue weighted by molar-refractivity contribution is -0.0495. The summed E-state index contributed by atoms with van der Waals surface area (Å²) >= 11 is 0. The van der Waals surface area contributed by atoms with Crippen LogP contribution in [0.25, 0.3) is 11.5 Å². The van der Waals surface area contributed by atoms with Crippen molar-refractivity contribution in [2.45, 2.75) is 13.0 Å². The summed E-state index contributed by atoms with van der Waals surface area (Å²) in [6.45, 7) is -2.53. The number of hydrogen-bond acceptors (Lipinski definition) is 5. The summed E-state index contributed by atoms with van der Waals surface area (Å²) in [5.41, 5.74) is 5.68. The van der Waals surface area contributed by atoms with Gasteiger partial charge in [-0.25, -0.2) is 0 Å². The van der Waals surface area contributed by atoms with Crippen LogP contribution in [0.3, 0.4) is 0 Å². The lowest BCUT2D eigenvalue weighted by Crippen LogP contribution is -2.03. The van der Waals surface area contributed by atoms with E-state index in [0.29, 0.717) is 24.4 Å². The standard InChI is InChI=1S/C11H11F2N3O2/c12-11(13)17-8-4-2-1-3-7(8)10-16-15-9(18-10)5-6-14/h1-4,11H,5-6,14H2. The zero-order valence-electron chi connectivity index (χ0n) is 9.35. The van der Waals surface area contributed by atoms with Crippen LogP contribution in [0, 0.1) is 0 Å². The van der Waals surface area contributed by atoms with Crippen LogP contribution >= 0.6 is 0 Å². The first-order valence-electron chi connectivity index (χ1n) is 5.27. The third kappa shape index (κ3) is 2.80. The van der Waals surface area contributed by atoms with E-state index < -0.39 is 6.61 Å². The van der Waals surface area contributed by atoms with E-state index in [1.54, 1.807) is 18.2 Å². The average Bonchev–Trinajstić information content (AvgIpc) is 2.78. The SMILES string of the molecule is NCCc1nnc(-c2ccccc2OC(F)F)o1. The van der Waals surface area contributed by atoms with Gasteiger partial charge in [-0.05, 0) is 12.1 Å². The minimum absolute atomic E-state index is 0.00421. The van der Waals surface area contributed by atoms with Gasteiger partial charge in [-0.2, -0.15) is 8.78 Å². The second-order valence-corrected chi connectivity index (χ2v) is 3.41. The molecule has 0 amide bonds. The normalized spacial score (nSPS) is 10.9. The van der Waals surface area contributed by atoms with E-state index in [1.807, 2.05) is 0 Å². The summed E-state index contributed by atoms with van der Waals surface area (Å²) in [6.07, 6.45) is 0.435. The number of para-hydroxylation sites is 1. The first-order chi connectivity index (χ1) is 8.70. The molecule has 2 rings (SSSR count). The van der Waals surface area contributed by atoms with Crippen LogP contribution in [0.2, 0.25) is 0 Å². The van der Waals surface area contributed by atoms with Gasteiger partial charge in [-0.15, -0.1) is 10.2 Å². The average molecular weight is 255 g/mol. The van der Waals surface area contributed by atoms with Gasteiger partial charge in [0.1, 0.15) is 5.75 Å². The summed E-state index contributed by atoms with van der Waals surface area (Å²) < 4.78 is 34.2. The molecule has 0 spiro atoms. The molecule has 0 aliphatic carbocycles. The fourth-order valence-corrected chi connectivity index (χ4v) is 1.43. The summed E-state index contributed by atoms with van der Waals surface area (Å²) in [7, 11) is 0. The highest BCUT2D eigenvalue weighted by Gasteiger charge is 2.15. The van der Waals surface area contributed by atoms with E-state index in [-0.39, 0.29) is 11.6 Å². The van der Waals surface area contributed by atoms with Crippen molar-refractivity contribution >= 4 is 0 Å². The van der Waals surface area contributed by atoms with E-state index in [9.17, 15) is 8.78 Å². The maximum Gasteiger partial charge on any atom is 0.387 e.